The molecule has 1 aromatic rings. The van der Waals surface area contributed by atoms with Crippen LogP contribution in [0.5, 0.6) is 11.5 Å². The minimum Gasteiger partial charge on any atom is -0.493 e. The van der Waals surface area contributed by atoms with E-state index in [0.29, 0.717) is 17.1 Å². The van der Waals surface area contributed by atoms with Crippen LogP contribution in [0.2, 0.25) is 0 Å². The Balaban J connectivity index is 0.00000200. The van der Waals surface area contributed by atoms with Gasteiger partial charge in [-0.15, -0.1) is 12.4 Å². The fourth-order valence-corrected chi connectivity index (χ4v) is 2.38. The van der Waals surface area contributed by atoms with Crippen molar-refractivity contribution in [1.29, 1.82) is 0 Å². The molecule has 2 rings (SSSR count). The summed E-state index contributed by atoms with van der Waals surface area (Å²) in [4.78, 5) is 14.3. The van der Waals surface area contributed by atoms with Gasteiger partial charge in [0, 0.05) is 19.6 Å². The number of methoxy groups -OCH3 is 2. The number of para-hydroxylation sites is 1. The maximum absolute atomic E-state index is 12.5. The van der Waals surface area contributed by atoms with Gasteiger partial charge in [0.2, 0.25) is 0 Å². The van der Waals surface area contributed by atoms with Crippen molar-refractivity contribution in [2.24, 2.45) is 0 Å². The smallest absolute Gasteiger partial charge is 0.257 e. The van der Waals surface area contributed by atoms with Crippen molar-refractivity contribution in [1.82, 2.24) is 10.2 Å². The molecule has 0 aromatic heterocycles. The summed E-state index contributed by atoms with van der Waals surface area (Å²) < 4.78 is 10.5. The summed E-state index contributed by atoms with van der Waals surface area (Å²) in [6.07, 6.45) is 0.981. The molecule has 0 aliphatic carbocycles. The van der Waals surface area contributed by atoms with Gasteiger partial charge in [0.15, 0.2) is 11.5 Å². The summed E-state index contributed by atoms with van der Waals surface area (Å²) in [6.45, 7) is 1.80. The van der Waals surface area contributed by atoms with Crippen molar-refractivity contribution in [3.8, 4) is 11.5 Å². The number of hydrogen-bond acceptors (Lipinski definition) is 4. The molecule has 0 bridgehead atoms. The van der Waals surface area contributed by atoms with Gasteiger partial charge >= 0.3 is 0 Å². The minimum atomic E-state index is -0.0375. The fourth-order valence-electron chi connectivity index (χ4n) is 2.38. The third-order valence-electron chi connectivity index (χ3n) is 3.54. The highest BCUT2D eigenvalue weighted by atomic mass is 35.5. The van der Waals surface area contributed by atoms with Crippen LogP contribution >= 0.6 is 12.4 Å². The molecule has 1 N–H and O–H groups in total. The Morgan fingerprint density at radius 3 is 2.65 bits per heavy atom. The van der Waals surface area contributed by atoms with E-state index in [9.17, 15) is 4.79 Å². The van der Waals surface area contributed by atoms with Crippen molar-refractivity contribution in [3.05, 3.63) is 23.8 Å². The number of benzene rings is 1. The predicted octanol–water partition coefficient (Wildman–Crippen LogP) is 1.56. The van der Waals surface area contributed by atoms with Gasteiger partial charge in [-0.25, -0.2) is 0 Å². The molecule has 1 fully saturated rings. The number of ether oxygens (including phenoxy) is 2. The Hall–Kier alpha value is -1.46. The van der Waals surface area contributed by atoms with Gasteiger partial charge in [-0.1, -0.05) is 6.07 Å². The first-order valence-electron chi connectivity index (χ1n) is 6.38. The van der Waals surface area contributed by atoms with Crippen molar-refractivity contribution in [2.75, 3.05) is 34.4 Å². The average molecular weight is 301 g/mol. The summed E-state index contributed by atoms with van der Waals surface area (Å²) in [5, 5.41) is 3.26. The van der Waals surface area contributed by atoms with Gasteiger partial charge in [0.05, 0.1) is 19.8 Å². The molecule has 6 heteroatoms. The largest absolute Gasteiger partial charge is 0.493 e. The van der Waals surface area contributed by atoms with E-state index in [-0.39, 0.29) is 24.4 Å². The van der Waals surface area contributed by atoms with Crippen molar-refractivity contribution < 1.29 is 14.3 Å². The Morgan fingerprint density at radius 2 is 2.10 bits per heavy atom. The van der Waals surface area contributed by atoms with E-state index in [0.717, 1.165) is 19.5 Å². The van der Waals surface area contributed by atoms with Crippen LogP contribution in [-0.4, -0.2) is 51.2 Å². The molecule has 1 heterocycles. The van der Waals surface area contributed by atoms with Gasteiger partial charge in [-0.3, -0.25) is 4.79 Å². The molecule has 112 valence electrons. The van der Waals surface area contributed by atoms with Gasteiger partial charge in [-0.05, 0) is 25.1 Å². The van der Waals surface area contributed by atoms with Crippen molar-refractivity contribution in [2.45, 2.75) is 12.5 Å². The zero-order valence-electron chi connectivity index (χ0n) is 12.0. The normalized spacial score (nSPS) is 17.2. The van der Waals surface area contributed by atoms with Crippen LogP contribution in [0.1, 0.15) is 16.8 Å². The molecule has 1 saturated heterocycles. The molecule has 1 aromatic carbocycles. The highest BCUT2D eigenvalue weighted by Gasteiger charge is 2.26. The number of likely N-dealkylation sites (N-methyl/N-ethyl adjacent to an activating group) is 1. The van der Waals surface area contributed by atoms with Crippen LogP contribution in [0.3, 0.4) is 0 Å². The van der Waals surface area contributed by atoms with E-state index >= 15 is 0 Å². The molecule has 20 heavy (non-hydrogen) atoms. The van der Waals surface area contributed by atoms with Crippen LogP contribution in [0.25, 0.3) is 0 Å². The molecule has 1 aliphatic rings. The molecule has 0 spiro atoms. The molecule has 1 amide bonds. The first kappa shape index (κ1) is 16.6. The van der Waals surface area contributed by atoms with E-state index in [1.165, 1.54) is 0 Å². The Bertz CT molecular complexity index is 462. The van der Waals surface area contributed by atoms with Crippen LogP contribution in [0, 0.1) is 0 Å². The Kier molecular flexibility index (Phi) is 6.10. The number of amides is 1. The van der Waals surface area contributed by atoms with Crippen LogP contribution < -0.4 is 14.8 Å². The lowest BCUT2D eigenvalue weighted by atomic mass is 10.1. The quantitative estimate of drug-likeness (QED) is 0.917. The standard InChI is InChI=1S/C14H20N2O3.ClH/c1-16(10-7-8-15-9-10)14(17)11-5-4-6-12(18-2)13(11)19-3;/h4-6,10,15H,7-9H2,1-3H3;1H. The molecule has 0 saturated carbocycles. The number of nitrogens with zero attached hydrogens (tertiary/aromatic N) is 1. The number of nitrogens with one attached hydrogen (secondary N) is 1. The van der Waals surface area contributed by atoms with Gasteiger partial charge in [0.1, 0.15) is 0 Å². The molecular weight excluding hydrogens is 280 g/mol. The lowest BCUT2D eigenvalue weighted by molar-refractivity contribution is 0.0739. The second-order valence-electron chi connectivity index (χ2n) is 4.60. The summed E-state index contributed by atoms with van der Waals surface area (Å²) in [7, 11) is 4.95. The molecule has 0 radical (unpaired) electrons. The van der Waals surface area contributed by atoms with E-state index < -0.39 is 0 Å². The molecular formula is C14H21ClN2O3. The molecule has 5 nitrogen and oxygen atoms in total. The monoisotopic (exact) mass is 300 g/mol. The minimum absolute atomic E-state index is 0. The second kappa shape index (κ2) is 7.36. The van der Waals surface area contributed by atoms with Crippen LogP contribution in [0.4, 0.5) is 0 Å². The predicted molar refractivity (Wildman–Crippen MR) is 80.2 cm³/mol. The SMILES string of the molecule is COc1cccc(C(=O)N(C)C2CCNC2)c1OC.Cl. The number of halogens is 1. The lowest BCUT2D eigenvalue weighted by Gasteiger charge is -2.25. The van der Waals surface area contributed by atoms with E-state index in [2.05, 4.69) is 5.32 Å². The third kappa shape index (κ3) is 3.16. The first-order chi connectivity index (χ1) is 9.19. The Morgan fingerprint density at radius 1 is 1.35 bits per heavy atom. The highest BCUT2D eigenvalue weighted by molar-refractivity contribution is 5.97. The van der Waals surface area contributed by atoms with Crippen molar-refractivity contribution >= 4 is 18.3 Å². The van der Waals surface area contributed by atoms with Gasteiger partial charge in [0.25, 0.3) is 5.91 Å². The number of carbonyl (C=O) groups excluding carboxylic acids is 1. The van der Waals surface area contributed by atoms with Gasteiger partial charge < -0.3 is 19.7 Å². The average Bonchev–Trinajstić information content (AvgIpc) is 2.98. The van der Waals surface area contributed by atoms with E-state index in [1.807, 2.05) is 7.05 Å². The topological polar surface area (TPSA) is 50.8 Å². The Labute approximate surface area is 125 Å². The maximum atomic E-state index is 12.5. The summed E-state index contributed by atoms with van der Waals surface area (Å²) in [5.74, 6) is 1.03. The van der Waals surface area contributed by atoms with Crippen LogP contribution in [-0.2, 0) is 0 Å². The highest BCUT2D eigenvalue weighted by Crippen LogP contribution is 2.31. The summed E-state index contributed by atoms with van der Waals surface area (Å²) in [6, 6.07) is 5.59. The third-order valence-corrected chi connectivity index (χ3v) is 3.54. The number of hydrogen-bond donors (Lipinski definition) is 1. The summed E-state index contributed by atoms with van der Waals surface area (Å²) in [5.41, 5.74) is 0.538. The van der Waals surface area contributed by atoms with E-state index in [1.54, 1.807) is 37.3 Å². The summed E-state index contributed by atoms with van der Waals surface area (Å²) >= 11 is 0. The lowest BCUT2D eigenvalue weighted by Crippen LogP contribution is -2.38. The first-order valence-corrected chi connectivity index (χ1v) is 6.38. The van der Waals surface area contributed by atoms with E-state index in [4.69, 9.17) is 9.47 Å². The molecule has 1 aliphatic heterocycles. The van der Waals surface area contributed by atoms with Gasteiger partial charge in [-0.2, -0.15) is 0 Å². The second-order valence-corrected chi connectivity index (χ2v) is 4.60. The number of carbonyl (C=O) groups is 1. The zero-order valence-corrected chi connectivity index (χ0v) is 12.8. The zero-order chi connectivity index (χ0) is 13.8. The van der Waals surface area contributed by atoms with Crippen molar-refractivity contribution in [3.63, 3.8) is 0 Å². The molecule has 1 atom stereocenters. The maximum Gasteiger partial charge on any atom is 0.257 e. The molecule has 1 unspecified atom stereocenters. The fraction of sp³-hybridized carbons (Fsp3) is 0.500. The number of rotatable bonds is 4. The van der Waals surface area contributed by atoms with Crippen LogP contribution in [0.15, 0.2) is 18.2 Å².